The van der Waals surface area contributed by atoms with Crippen molar-refractivity contribution >= 4 is 39.2 Å². The molecule has 0 unspecified atom stereocenters. The zero-order valence-electron chi connectivity index (χ0n) is 25.9. The van der Waals surface area contributed by atoms with Gasteiger partial charge < -0.3 is 24.9 Å². The van der Waals surface area contributed by atoms with Gasteiger partial charge in [0.25, 0.3) is 5.91 Å². The number of methoxy groups -OCH3 is 3. The number of benzene rings is 2. The first-order valence-electron chi connectivity index (χ1n) is 14.6. The van der Waals surface area contributed by atoms with E-state index >= 15 is 0 Å². The summed E-state index contributed by atoms with van der Waals surface area (Å²) in [6.07, 6.45) is 7.22. The highest BCUT2D eigenvalue weighted by molar-refractivity contribution is 7.16. The quantitative estimate of drug-likeness (QED) is 0.185. The molecule has 10 heteroatoms. The number of nitrogens with two attached hydrogens (primary N) is 1. The summed E-state index contributed by atoms with van der Waals surface area (Å²) in [4.78, 5) is 32.3. The van der Waals surface area contributed by atoms with E-state index in [-0.39, 0.29) is 11.9 Å². The van der Waals surface area contributed by atoms with Gasteiger partial charge >= 0.3 is 5.97 Å². The van der Waals surface area contributed by atoms with Crippen molar-refractivity contribution in [1.29, 1.82) is 0 Å². The van der Waals surface area contributed by atoms with E-state index in [1.54, 1.807) is 25.6 Å². The molecular weight excluding hydrogens is 564 g/mol. The fraction of sp³-hybridized carbons (Fsp3) is 0.424. The fourth-order valence-corrected chi connectivity index (χ4v) is 6.70. The van der Waals surface area contributed by atoms with Crippen molar-refractivity contribution in [2.75, 3.05) is 26.6 Å². The Labute approximate surface area is 257 Å². The summed E-state index contributed by atoms with van der Waals surface area (Å²) in [7, 11) is 4.65. The van der Waals surface area contributed by atoms with Crippen molar-refractivity contribution in [1.82, 2.24) is 9.97 Å². The summed E-state index contributed by atoms with van der Waals surface area (Å²) < 4.78 is 15.5. The first-order valence-corrected chi connectivity index (χ1v) is 15.4. The van der Waals surface area contributed by atoms with Gasteiger partial charge in [-0.15, -0.1) is 11.3 Å². The number of aryl methyl sites for hydroxylation is 2. The van der Waals surface area contributed by atoms with Gasteiger partial charge in [0, 0.05) is 40.4 Å². The molecule has 0 spiro atoms. The molecule has 1 fully saturated rings. The van der Waals surface area contributed by atoms with Crippen LogP contribution >= 0.6 is 11.3 Å². The first-order chi connectivity index (χ1) is 20.7. The van der Waals surface area contributed by atoms with Crippen LogP contribution in [0.1, 0.15) is 71.1 Å². The number of carbonyl (C=O) groups excluding carboxylic acids is 2. The van der Waals surface area contributed by atoms with Crippen LogP contribution in [0.15, 0.2) is 30.3 Å². The predicted molar refractivity (Wildman–Crippen MR) is 172 cm³/mol. The number of nitrogens with zero attached hydrogens (tertiary/aromatic N) is 1. The molecule has 9 nitrogen and oxygen atoms in total. The van der Waals surface area contributed by atoms with Crippen LogP contribution in [0.4, 0.5) is 5.13 Å². The second kappa shape index (κ2) is 14.5. The molecule has 2 heterocycles. The number of hydrogen-bond acceptors (Lipinski definition) is 8. The summed E-state index contributed by atoms with van der Waals surface area (Å²) in [5.41, 5.74) is 12.3. The fourth-order valence-electron chi connectivity index (χ4n) is 5.61. The zero-order chi connectivity index (χ0) is 31.1. The topological polar surface area (TPSA) is 129 Å². The molecule has 0 saturated heterocycles. The highest BCUT2D eigenvalue weighted by atomic mass is 32.1. The van der Waals surface area contributed by atoms with E-state index in [2.05, 4.69) is 41.0 Å². The third-order valence-corrected chi connectivity index (χ3v) is 8.79. The summed E-state index contributed by atoms with van der Waals surface area (Å²) in [5.74, 6) is 1.56. The number of rotatable bonds is 8. The summed E-state index contributed by atoms with van der Waals surface area (Å²) >= 11 is 1.55. The summed E-state index contributed by atoms with van der Waals surface area (Å²) in [5, 5.41) is 4.66. The molecule has 0 radical (unpaired) electrons. The second-order valence-corrected chi connectivity index (χ2v) is 12.0. The van der Waals surface area contributed by atoms with Crippen LogP contribution in [0.25, 0.3) is 22.2 Å². The Morgan fingerprint density at radius 2 is 1.72 bits per heavy atom. The molecule has 0 bridgehead atoms. The number of esters is 1. The molecule has 2 aromatic heterocycles. The molecule has 1 aliphatic rings. The Kier molecular flexibility index (Phi) is 10.8. The molecule has 5 rings (SSSR count). The van der Waals surface area contributed by atoms with Gasteiger partial charge in [-0.3, -0.25) is 14.9 Å². The maximum atomic E-state index is 13.3. The Balaban J connectivity index is 0.000000782. The van der Waals surface area contributed by atoms with Gasteiger partial charge in [-0.05, 0) is 56.0 Å². The molecule has 2 aromatic carbocycles. The van der Waals surface area contributed by atoms with Gasteiger partial charge in [0.15, 0.2) is 5.13 Å². The number of amides is 1. The van der Waals surface area contributed by atoms with Gasteiger partial charge in [-0.1, -0.05) is 43.7 Å². The summed E-state index contributed by atoms with van der Waals surface area (Å²) in [6.45, 7) is 5.82. The molecule has 4 N–H and O–H groups in total. The van der Waals surface area contributed by atoms with Gasteiger partial charge in [-0.2, -0.15) is 0 Å². The average Bonchev–Trinajstić information content (AvgIpc) is 3.61. The van der Waals surface area contributed by atoms with Gasteiger partial charge in [0.2, 0.25) is 0 Å². The molecule has 4 aromatic rings. The van der Waals surface area contributed by atoms with Crippen LogP contribution in [0, 0.1) is 19.8 Å². The Morgan fingerprint density at radius 3 is 2.35 bits per heavy atom. The Morgan fingerprint density at radius 1 is 1.02 bits per heavy atom. The Bertz CT molecular complexity index is 1590. The van der Waals surface area contributed by atoms with Crippen LogP contribution in [-0.2, 0) is 22.5 Å². The Hall–Kier alpha value is -3.89. The third kappa shape index (κ3) is 7.74. The number of anilines is 1. The maximum Gasteiger partial charge on any atom is 0.302 e. The van der Waals surface area contributed by atoms with Crippen molar-refractivity contribution in [2.45, 2.75) is 65.8 Å². The van der Waals surface area contributed by atoms with Crippen molar-refractivity contribution in [3.8, 4) is 22.8 Å². The number of hydrogen-bond donors (Lipinski definition) is 3. The highest BCUT2D eigenvalue weighted by Crippen LogP contribution is 2.42. The zero-order valence-corrected chi connectivity index (χ0v) is 26.7. The van der Waals surface area contributed by atoms with Crippen molar-refractivity contribution in [2.24, 2.45) is 11.7 Å². The van der Waals surface area contributed by atoms with E-state index in [0.29, 0.717) is 34.8 Å². The number of H-pyrrole nitrogens is 1. The van der Waals surface area contributed by atoms with Crippen LogP contribution in [0.3, 0.4) is 0 Å². The molecule has 1 aliphatic carbocycles. The van der Waals surface area contributed by atoms with Gasteiger partial charge in [-0.25, -0.2) is 4.98 Å². The molecular formula is C33H42N4O5S. The number of nitrogens with one attached hydrogen (secondary N) is 2. The van der Waals surface area contributed by atoms with Crippen LogP contribution in [-0.4, -0.2) is 43.2 Å². The van der Waals surface area contributed by atoms with E-state index < -0.39 is 0 Å². The molecule has 0 atom stereocenters. The lowest BCUT2D eigenvalue weighted by molar-refractivity contribution is -0.137. The minimum atomic E-state index is -0.245. The van der Waals surface area contributed by atoms with Crippen molar-refractivity contribution < 1.29 is 23.8 Å². The molecule has 0 aliphatic heterocycles. The van der Waals surface area contributed by atoms with Crippen LogP contribution in [0.2, 0.25) is 0 Å². The van der Waals surface area contributed by atoms with Crippen LogP contribution in [0.5, 0.6) is 11.5 Å². The van der Waals surface area contributed by atoms with Crippen molar-refractivity contribution in [3.05, 3.63) is 57.6 Å². The molecule has 230 valence electrons. The van der Waals surface area contributed by atoms with Crippen LogP contribution < -0.4 is 20.5 Å². The first kappa shape index (κ1) is 32.0. The number of aromatic amines is 1. The predicted octanol–water partition coefficient (Wildman–Crippen LogP) is 6.94. The second-order valence-electron chi connectivity index (χ2n) is 10.9. The van der Waals surface area contributed by atoms with Crippen molar-refractivity contribution in [3.63, 3.8) is 0 Å². The number of aromatic nitrogens is 2. The third-order valence-electron chi connectivity index (χ3n) is 7.80. The minimum Gasteiger partial charge on any atom is -0.496 e. The minimum absolute atomic E-state index is 0.203. The highest BCUT2D eigenvalue weighted by Gasteiger charge is 2.24. The van der Waals surface area contributed by atoms with Gasteiger partial charge in [0.1, 0.15) is 17.2 Å². The number of carbonyl (C=O) groups is 2. The molecule has 1 saturated carbocycles. The molecule has 1 amide bonds. The van der Waals surface area contributed by atoms with Gasteiger partial charge in [0.05, 0.1) is 27.0 Å². The SMILES string of the molecule is COC(C)=O.COc1cc(-c2nc(NC(=O)c3cc4cc(C)cc(C)c4[nH]3)sc2CC2CCCCC2)c(OC)cc1CN. The monoisotopic (exact) mass is 606 g/mol. The number of thiazole rings is 1. The van der Waals surface area contributed by atoms with E-state index in [1.165, 1.54) is 51.7 Å². The molecule has 43 heavy (non-hydrogen) atoms. The normalized spacial score (nSPS) is 13.3. The standard InChI is InChI=1S/C30H36N4O3S.C3H6O2/c1-17-10-18(2)27-20(11-17)13-23(32-27)29(35)34-30-33-28(26(38-30)12-19-8-6-5-7-9-19)22-15-24(36-3)21(16-31)14-25(22)37-4;1-3(4)5-2/h10-11,13-15,19,32H,5-9,12,16,31H2,1-4H3,(H,33,34,35);1-2H3. The number of fused-ring (bicyclic) bond motifs is 1. The lowest BCUT2D eigenvalue weighted by atomic mass is 9.86. The van der Waals surface area contributed by atoms with E-state index in [1.807, 2.05) is 18.2 Å². The van der Waals surface area contributed by atoms with E-state index in [4.69, 9.17) is 20.2 Å². The maximum absolute atomic E-state index is 13.3. The number of ether oxygens (including phenoxy) is 3. The lowest BCUT2D eigenvalue weighted by Gasteiger charge is -2.21. The lowest BCUT2D eigenvalue weighted by Crippen LogP contribution is -2.12. The summed E-state index contributed by atoms with van der Waals surface area (Å²) in [6, 6.07) is 9.98. The average molecular weight is 607 g/mol. The largest absolute Gasteiger partial charge is 0.496 e. The van der Waals surface area contributed by atoms with E-state index in [0.717, 1.165) is 44.6 Å². The smallest absolute Gasteiger partial charge is 0.302 e. The van der Waals surface area contributed by atoms with E-state index in [9.17, 15) is 9.59 Å².